The molecule has 2 aliphatic heterocycles. The van der Waals surface area contributed by atoms with Gasteiger partial charge in [-0.1, -0.05) is 0 Å². The minimum atomic E-state index is -2.33. The average molecular weight is 388 g/mol. The van der Waals surface area contributed by atoms with Crippen molar-refractivity contribution >= 4 is 17.2 Å². The molecule has 146 valence electrons. The summed E-state index contributed by atoms with van der Waals surface area (Å²) in [7, 11) is 1.51. The van der Waals surface area contributed by atoms with E-state index in [-0.39, 0.29) is 24.9 Å². The molecular weight excluding hydrogens is 362 g/mol. The highest BCUT2D eigenvalue weighted by Crippen LogP contribution is 2.47. The number of fused-ring (bicyclic) bond motifs is 2. The molecule has 1 spiro atoms. The van der Waals surface area contributed by atoms with Gasteiger partial charge >= 0.3 is 0 Å². The van der Waals surface area contributed by atoms with Crippen molar-refractivity contribution in [2.24, 2.45) is 0 Å². The van der Waals surface area contributed by atoms with E-state index in [1.807, 2.05) is 6.07 Å². The van der Waals surface area contributed by atoms with Crippen molar-refractivity contribution in [3.8, 4) is 0 Å². The third-order valence-corrected chi connectivity index (χ3v) is 6.77. The number of alkyl halides is 2. The molecule has 0 aromatic carbocycles. The number of likely N-dealkylation sites (tertiary alicyclic amines) is 1. The summed E-state index contributed by atoms with van der Waals surface area (Å²) in [6.45, 7) is 3.63. The maximum atomic E-state index is 12.8. The fourth-order valence-corrected chi connectivity index (χ4v) is 5.46. The summed E-state index contributed by atoms with van der Waals surface area (Å²) < 4.78 is 31.7. The van der Waals surface area contributed by atoms with Crippen molar-refractivity contribution in [2.75, 3.05) is 26.7 Å². The number of ether oxygens (including phenoxy) is 1. The molecule has 5 nitrogen and oxygen atoms in total. The molecule has 1 aromatic rings. The van der Waals surface area contributed by atoms with Crippen LogP contribution in [0.15, 0.2) is 6.07 Å². The van der Waals surface area contributed by atoms with Gasteiger partial charge in [-0.05, 0) is 37.8 Å². The average Bonchev–Trinajstić information content (AvgIpc) is 3.00. The quantitative estimate of drug-likeness (QED) is 0.809. The van der Waals surface area contributed by atoms with Crippen LogP contribution in [-0.4, -0.2) is 61.2 Å². The van der Waals surface area contributed by atoms with E-state index < -0.39 is 18.1 Å². The first-order chi connectivity index (χ1) is 12.3. The molecule has 8 heteroatoms. The lowest BCUT2D eigenvalue weighted by Crippen LogP contribution is -2.53. The van der Waals surface area contributed by atoms with Gasteiger partial charge in [-0.3, -0.25) is 9.69 Å². The van der Waals surface area contributed by atoms with Crippen LogP contribution in [0.4, 0.5) is 8.78 Å². The molecule has 3 rings (SSSR count). The Morgan fingerprint density at radius 2 is 2.35 bits per heavy atom. The Bertz CT molecular complexity index is 654. The summed E-state index contributed by atoms with van der Waals surface area (Å²) in [5.74, 6) is -0.386. The van der Waals surface area contributed by atoms with E-state index >= 15 is 0 Å². The molecule has 1 fully saturated rings. The second-order valence-corrected chi connectivity index (χ2v) is 8.32. The zero-order valence-corrected chi connectivity index (χ0v) is 16.0. The van der Waals surface area contributed by atoms with Crippen LogP contribution in [0.3, 0.4) is 0 Å². The summed E-state index contributed by atoms with van der Waals surface area (Å²) in [5.41, 5.74) is 0.718. The van der Waals surface area contributed by atoms with Crippen LogP contribution < -0.4 is 5.32 Å². The molecule has 0 saturated carbocycles. The Kier molecular flexibility index (Phi) is 5.96. The Hall–Kier alpha value is -1.09. The highest BCUT2D eigenvalue weighted by molar-refractivity contribution is 7.12. The minimum absolute atomic E-state index is 0.120. The molecule has 1 aromatic heterocycles. The number of thiophene rings is 1. The number of β-amino-alcohol motifs (C(OH)–C–C–N with tert-alkyl or cyclic N) is 1. The largest absolute Gasteiger partial charge is 0.382 e. The lowest BCUT2D eigenvalue weighted by atomic mass is 9.82. The van der Waals surface area contributed by atoms with Crippen LogP contribution >= 0.6 is 11.3 Å². The van der Waals surface area contributed by atoms with Gasteiger partial charge in [-0.15, -0.1) is 11.3 Å². The van der Waals surface area contributed by atoms with Crippen LogP contribution in [0.5, 0.6) is 0 Å². The molecule has 1 unspecified atom stereocenters. The van der Waals surface area contributed by atoms with E-state index in [9.17, 15) is 18.7 Å². The van der Waals surface area contributed by atoms with E-state index in [1.54, 1.807) is 0 Å². The Balaban J connectivity index is 1.74. The van der Waals surface area contributed by atoms with E-state index in [4.69, 9.17) is 4.74 Å². The normalized spacial score (nSPS) is 27.5. The van der Waals surface area contributed by atoms with E-state index in [0.29, 0.717) is 13.2 Å². The maximum Gasteiger partial charge on any atom is 0.249 e. The highest BCUT2D eigenvalue weighted by atomic mass is 32.1. The number of carbonyl (C=O) groups is 1. The number of carbonyl (C=O) groups excluding carboxylic acids is 1. The first-order valence-corrected chi connectivity index (χ1v) is 9.84. The Morgan fingerprint density at radius 1 is 1.58 bits per heavy atom. The fourth-order valence-electron chi connectivity index (χ4n) is 4.07. The monoisotopic (exact) mass is 388 g/mol. The van der Waals surface area contributed by atoms with Gasteiger partial charge in [-0.25, -0.2) is 8.78 Å². The fraction of sp³-hybridized carbons (Fsp3) is 0.722. The van der Waals surface area contributed by atoms with Crippen molar-refractivity contribution in [1.29, 1.82) is 0 Å². The summed E-state index contributed by atoms with van der Waals surface area (Å²) >= 11 is 1.46. The first-order valence-electron chi connectivity index (χ1n) is 9.02. The van der Waals surface area contributed by atoms with Gasteiger partial charge in [0.2, 0.25) is 12.3 Å². The molecule has 1 amide bonds. The number of rotatable bonds is 5. The number of nitrogens with one attached hydrogen (secondary N) is 1. The van der Waals surface area contributed by atoms with Crippen molar-refractivity contribution in [1.82, 2.24) is 10.2 Å². The van der Waals surface area contributed by atoms with E-state index in [0.717, 1.165) is 34.6 Å². The third kappa shape index (κ3) is 3.93. The molecule has 0 radical (unpaired) electrons. The Labute approximate surface area is 156 Å². The van der Waals surface area contributed by atoms with Gasteiger partial charge in [-0.2, -0.15) is 0 Å². The van der Waals surface area contributed by atoms with Gasteiger partial charge in [0, 0.05) is 42.4 Å². The molecular formula is C18H26F2N2O3S. The van der Waals surface area contributed by atoms with E-state index in [2.05, 4.69) is 17.1 Å². The van der Waals surface area contributed by atoms with Gasteiger partial charge < -0.3 is 15.2 Å². The summed E-state index contributed by atoms with van der Waals surface area (Å²) in [4.78, 5) is 15.5. The summed E-state index contributed by atoms with van der Waals surface area (Å²) in [5, 5.41) is 12.4. The number of amides is 1. The SMILES string of the molecule is CNC(=O)C(O)CN1CC[C@]2(C[C@@H]1C)OCCc1cc(CC(F)F)sc12. The second kappa shape index (κ2) is 7.88. The number of aliphatic hydroxyl groups excluding tert-OH is 1. The van der Waals surface area contributed by atoms with E-state index in [1.165, 1.54) is 18.4 Å². The topological polar surface area (TPSA) is 61.8 Å². The molecule has 1 saturated heterocycles. The standard InChI is InChI=1S/C18H26F2N2O3S/c1-11-9-18(4-5-22(11)10-14(23)17(24)21-2)16-12(3-6-25-18)7-13(26-16)8-15(19)20/h7,11,14-15,23H,3-6,8-10H2,1-2H3,(H,21,24)/t11-,14?,18+/m0/s1. The predicted octanol–water partition coefficient (Wildman–Crippen LogP) is 1.91. The molecule has 26 heavy (non-hydrogen) atoms. The zero-order chi connectivity index (χ0) is 18.9. The lowest BCUT2D eigenvalue weighted by Gasteiger charge is -2.47. The van der Waals surface area contributed by atoms with Crippen LogP contribution in [-0.2, 0) is 28.0 Å². The number of nitrogens with zero attached hydrogens (tertiary/aromatic N) is 1. The predicted molar refractivity (Wildman–Crippen MR) is 95.7 cm³/mol. The van der Waals surface area contributed by atoms with Gasteiger partial charge in [0.25, 0.3) is 0 Å². The molecule has 2 N–H and O–H groups in total. The van der Waals surface area contributed by atoms with Crippen LogP contribution in [0.1, 0.15) is 35.1 Å². The summed E-state index contributed by atoms with van der Waals surface area (Å²) in [6, 6.07) is 2.04. The molecule has 2 aliphatic rings. The highest BCUT2D eigenvalue weighted by Gasteiger charge is 2.45. The van der Waals surface area contributed by atoms with Gasteiger partial charge in [0.15, 0.2) is 0 Å². The number of likely N-dealkylation sites (N-methyl/N-ethyl adjacent to an activating group) is 1. The molecule has 3 atom stereocenters. The first kappa shape index (κ1) is 19.7. The van der Waals surface area contributed by atoms with Gasteiger partial charge in [0.1, 0.15) is 11.7 Å². The minimum Gasteiger partial charge on any atom is -0.382 e. The van der Waals surface area contributed by atoms with Crippen LogP contribution in [0, 0.1) is 0 Å². The van der Waals surface area contributed by atoms with Crippen molar-refractivity contribution in [3.63, 3.8) is 0 Å². The van der Waals surface area contributed by atoms with Crippen molar-refractivity contribution in [3.05, 3.63) is 21.4 Å². The van der Waals surface area contributed by atoms with Crippen molar-refractivity contribution in [2.45, 2.75) is 56.8 Å². The van der Waals surface area contributed by atoms with Crippen LogP contribution in [0.2, 0.25) is 0 Å². The van der Waals surface area contributed by atoms with Crippen molar-refractivity contribution < 1.29 is 23.4 Å². The molecule has 0 bridgehead atoms. The smallest absolute Gasteiger partial charge is 0.249 e. The Morgan fingerprint density at radius 3 is 3.00 bits per heavy atom. The number of aliphatic hydroxyl groups is 1. The maximum absolute atomic E-state index is 12.8. The second-order valence-electron chi connectivity index (χ2n) is 7.18. The molecule has 0 aliphatic carbocycles. The van der Waals surface area contributed by atoms with Gasteiger partial charge in [0.05, 0.1) is 6.61 Å². The third-order valence-electron chi connectivity index (χ3n) is 5.39. The number of halogens is 2. The lowest BCUT2D eigenvalue weighted by molar-refractivity contribution is -0.133. The number of hydrogen-bond acceptors (Lipinski definition) is 5. The number of hydrogen-bond donors (Lipinski definition) is 2. The number of piperidine rings is 1. The summed E-state index contributed by atoms with van der Waals surface area (Å²) in [6.07, 6.45) is -1.36. The van der Waals surface area contributed by atoms with Crippen LogP contribution in [0.25, 0.3) is 0 Å². The zero-order valence-electron chi connectivity index (χ0n) is 15.1. The molecule has 3 heterocycles.